The highest BCUT2D eigenvalue weighted by Gasteiger charge is 2.24. The number of anilines is 1. The quantitative estimate of drug-likeness (QED) is 0.324. The van der Waals surface area contributed by atoms with E-state index in [2.05, 4.69) is 37.2 Å². The average Bonchev–Trinajstić information content (AvgIpc) is 2.87. The largest absolute Gasteiger partial charge is 0.513 e. The second kappa shape index (κ2) is 7.82. The molecule has 1 heterocycles. The summed E-state index contributed by atoms with van der Waals surface area (Å²) in [7, 11) is 0. The summed E-state index contributed by atoms with van der Waals surface area (Å²) >= 11 is 12.8. The van der Waals surface area contributed by atoms with Crippen LogP contribution < -0.4 is 10.1 Å². The Hall–Kier alpha value is -1.83. The Kier molecular flexibility index (Phi) is 5.70. The minimum atomic E-state index is -0.793. The Bertz CT molecular complexity index is 920. The molecule has 1 aliphatic rings. The van der Waals surface area contributed by atoms with Crippen molar-refractivity contribution in [1.82, 2.24) is 0 Å². The van der Waals surface area contributed by atoms with E-state index in [9.17, 15) is 9.59 Å². The predicted octanol–water partition coefficient (Wildman–Crippen LogP) is 5.89. The van der Waals surface area contributed by atoms with Gasteiger partial charge in [0.05, 0.1) is 15.6 Å². The zero-order valence-electron chi connectivity index (χ0n) is 13.4. The van der Waals surface area contributed by atoms with E-state index in [1.54, 1.807) is 43.3 Å². The molecule has 5 nitrogen and oxygen atoms in total. The summed E-state index contributed by atoms with van der Waals surface area (Å²) in [5.41, 5.74) is 2.69. The standard InChI is InChI=1S/C18H12Br2ClNO4/c1-2-25-18(24)26-16-13(19)6-9(7-14(16)20)5-12-11-8-10(21)3-4-15(11)22-17(12)23/h3-8H,2H2,1H3,(H,22,23)/b12-5-. The maximum atomic E-state index is 12.3. The topological polar surface area (TPSA) is 64.6 Å². The number of hydrogen-bond acceptors (Lipinski definition) is 4. The number of hydrogen-bond donors (Lipinski definition) is 1. The van der Waals surface area contributed by atoms with Crippen molar-refractivity contribution in [3.8, 4) is 5.75 Å². The molecule has 0 radical (unpaired) electrons. The smallest absolute Gasteiger partial charge is 0.434 e. The van der Waals surface area contributed by atoms with E-state index in [4.69, 9.17) is 21.1 Å². The van der Waals surface area contributed by atoms with Crippen molar-refractivity contribution in [2.45, 2.75) is 6.92 Å². The van der Waals surface area contributed by atoms with E-state index in [-0.39, 0.29) is 12.5 Å². The molecule has 8 heteroatoms. The maximum absolute atomic E-state index is 12.3. The number of ether oxygens (including phenoxy) is 2. The SMILES string of the molecule is CCOC(=O)Oc1c(Br)cc(/C=C2\C(=O)Nc3ccc(Cl)cc32)cc1Br. The fourth-order valence-corrected chi connectivity index (χ4v) is 4.02. The minimum absolute atomic E-state index is 0.207. The Balaban J connectivity index is 1.97. The summed E-state index contributed by atoms with van der Waals surface area (Å²) in [6.45, 7) is 1.91. The van der Waals surface area contributed by atoms with E-state index in [0.717, 1.165) is 11.1 Å². The number of benzene rings is 2. The molecule has 3 rings (SSSR count). The van der Waals surface area contributed by atoms with Gasteiger partial charge in [0, 0.05) is 21.8 Å². The summed E-state index contributed by atoms with van der Waals surface area (Å²) in [6, 6.07) is 8.70. The lowest BCUT2D eigenvalue weighted by atomic mass is 10.0. The lowest BCUT2D eigenvalue weighted by molar-refractivity contribution is -0.110. The van der Waals surface area contributed by atoms with Crippen molar-refractivity contribution in [3.63, 3.8) is 0 Å². The first-order valence-electron chi connectivity index (χ1n) is 7.55. The van der Waals surface area contributed by atoms with Gasteiger partial charge in [-0.1, -0.05) is 11.6 Å². The molecule has 0 atom stereocenters. The minimum Gasteiger partial charge on any atom is -0.434 e. The molecule has 0 fully saturated rings. The van der Waals surface area contributed by atoms with Crippen molar-refractivity contribution in [2.24, 2.45) is 0 Å². The summed E-state index contributed by atoms with van der Waals surface area (Å²) in [5, 5.41) is 3.35. The second-order valence-electron chi connectivity index (χ2n) is 5.30. The molecule has 134 valence electrons. The third-order valence-corrected chi connectivity index (χ3v) is 4.96. The number of rotatable bonds is 3. The predicted molar refractivity (Wildman–Crippen MR) is 107 cm³/mol. The number of nitrogens with one attached hydrogen (secondary N) is 1. The third kappa shape index (κ3) is 3.95. The first-order chi connectivity index (χ1) is 12.4. The van der Waals surface area contributed by atoms with E-state index in [1.165, 1.54) is 0 Å². The van der Waals surface area contributed by atoms with Crippen LogP contribution in [0.4, 0.5) is 10.5 Å². The second-order valence-corrected chi connectivity index (χ2v) is 7.45. The van der Waals surface area contributed by atoms with Crippen molar-refractivity contribution < 1.29 is 19.1 Å². The molecule has 1 aliphatic heterocycles. The summed E-state index contributed by atoms with van der Waals surface area (Å²) in [6.07, 6.45) is 0.944. The van der Waals surface area contributed by atoms with Gasteiger partial charge >= 0.3 is 6.16 Å². The van der Waals surface area contributed by atoms with Crippen LogP contribution in [-0.2, 0) is 9.53 Å². The van der Waals surface area contributed by atoms with Gasteiger partial charge in [-0.3, -0.25) is 4.79 Å². The zero-order valence-corrected chi connectivity index (χ0v) is 17.4. The lowest BCUT2D eigenvalue weighted by Gasteiger charge is -2.09. The molecule has 1 N–H and O–H groups in total. The molecule has 0 unspecified atom stereocenters. The number of fused-ring (bicyclic) bond motifs is 1. The van der Waals surface area contributed by atoms with E-state index >= 15 is 0 Å². The molecule has 0 saturated carbocycles. The number of carbonyl (C=O) groups is 2. The van der Waals surface area contributed by atoms with Gasteiger partial charge < -0.3 is 14.8 Å². The molecule has 2 aromatic rings. The van der Waals surface area contributed by atoms with Crippen LogP contribution >= 0.6 is 43.5 Å². The first-order valence-corrected chi connectivity index (χ1v) is 9.52. The van der Waals surface area contributed by atoms with Gasteiger partial charge in [0.25, 0.3) is 5.91 Å². The van der Waals surface area contributed by atoms with Crippen molar-refractivity contribution in [1.29, 1.82) is 0 Å². The summed E-state index contributed by atoms with van der Waals surface area (Å²) in [4.78, 5) is 23.8. The Morgan fingerprint density at radius 2 is 1.92 bits per heavy atom. The van der Waals surface area contributed by atoms with Crippen LogP contribution in [0.5, 0.6) is 5.75 Å². The van der Waals surface area contributed by atoms with Crippen LogP contribution in [0.2, 0.25) is 5.02 Å². The van der Waals surface area contributed by atoms with Gasteiger partial charge in [0.2, 0.25) is 0 Å². The number of amides is 1. The monoisotopic (exact) mass is 499 g/mol. The highest BCUT2D eigenvalue weighted by atomic mass is 79.9. The molecule has 0 aliphatic carbocycles. The molecule has 0 saturated heterocycles. The van der Waals surface area contributed by atoms with E-state index in [1.807, 2.05) is 0 Å². The van der Waals surface area contributed by atoms with Crippen molar-refractivity contribution in [3.05, 3.63) is 55.4 Å². The number of halogens is 3. The molecule has 0 aromatic heterocycles. The van der Waals surface area contributed by atoms with Crippen LogP contribution in [0.3, 0.4) is 0 Å². The highest BCUT2D eigenvalue weighted by Crippen LogP contribution is 2.38. The molecule has 0 bridgehead atoms. The Labute approximate surface area is 171 Å². The highest BCUT2D eigenvalue weighted by molar-refractivity contribution is 9.11. The van der Waals surface area contributed by atoms with Crippen LogP contribution in [-0.4, -0.2) is 18.7 Å². The molecule has 1 amide bonds. The van der Waals surface area contributed by atoms with Gasteiger partial charge in [-0.05, 0) is 80.8 Å². The Morgan fingerprint density at radius 3 is 2.58 bits per heavy atom. The normalized spacial score (nSPS) is 14.2. The summed E-state index contributed by atoms with van der Waals surface area (Å²) in [5.74, 6) is 0.0891. The third-order valence-electron chi connectivity index (χ3n) is 3.54. The van der Waals surface area contributed by atoms with Crippen molar-refractivity contribution in [2.75, 3.05) is 11.9 Å². The van der Waals surface area contributed by atoms with Crippen LogP contribution in [0.15, 0.2) is 39.3 Å². The zero-order chi connectivity index (χ0) is 18.8. The van der Waals surface area contributed by atoms with Crippen LogP contribution in [0.1, 0.15) is 18.1 Å². The van der Waals surface area contributed by atoms with Gasteiger partial charge in [-0.15, -0.1) is 0 Å². The fraction of sp³-hybridized carbons (Fsp3) is 0.111. The van der Waals surface area contributed by atoms with Gasteiger partial charge in [-0.2, -0.15) is 0 Å². The molecular formula is C18H12Br2ClNO4. The average molecular weight is 502 g/mol. The van der Waals surface area contributed by atoms with Crippen LogP contribution in [0, 0.1) is 0 Å². The maximum Gasteiger partial charge on any atom is 0.513 e. The fourth-order valence-electron chi connectivity index (χ4n) is 2.46. The number of carbonyl (C=O) groups excluding carboxylic acids is 2. The van der Waals surface area contributed by atoms with Crippen molar-refractivity contribution >= 4 is 72.9 Å². The van der Waals surface area contributed by atoms with E-state index in [0.29, 0.717) is 31.0 Å². The van der Waals surface area contributed by atoms with Gasteiger partial charge in [0.1, 0.15) is 0 Å². The van der Waals surface area contributed by atoms with Gasteiger partial charge in [0.15, 0.2) is 5.75 Å². The Morgan fingerprint density at radius 1 is 1.23 bits per heavy atom. The van der Waals surface area contributed by atoms with Crippen LogP contribution in [0.25, 0.3) is 11.6 Å². The molecule has 0 spiro atoms. The molecule has 26 heavy (non-hydrogen) atoms. The van der Waals surface area contributed by atoms with Gasteiger partial charge in [-0.25, -0.2) is 4.79 Å². The molecular weight excluding hydrogens is 489 g/mol. The first kappa shape index (κ1) is 18.9. The summed E-state index contributed by atoms with van der Waals surface area (Å²) < 4.78 is 11.0. The molecule has 2 aromatic carbocycles. The lowest BCUT2D eigenvalue weighted by Crippen LogP contribution is -2.10. The van der Waals surface area contributed by atoms with E-state index < -0.39 is 6.16 Å².